The number of anilines is 2. The SMILES string of the molecule is O=C1CC(CS)CN1c1ccc(N2CCCCC2)cc1. The maximum absolute atomic E-state index is 12.0. The highest BCUT2D eigenvalue weighted by molar-refractivity contribution is 7.80. The van der Waals surface area contributed by atoms with Crippen molar-refractivity contribution in [2.24, 2.45) is 5.92 Å². The summed E-state index contributed by atoms with van der Waals surface area (Å²) in [5, 5.41) is 0. The van der Waals surface area contributed by atoms with Gasteiger partial charge in [-0.05, 0) is 55.2 Å². The first-order valence-corrected chi connectivity index (χ1v) is 8.17. The predicted molar refractivity (Wildman–Crippen MR) is 86.8 cm³/mol. The molecule has 1 amide bonds. The van der Waals surface area contributed by atoms with Crippen LogP contribution in [0.15, 0.2) is 24.3 Å². The summed E-state index contributed by atoms with van der Waals surface area (Å²) in [5.41, 5.74) is 2.31. The van der Waals surface area contributed by atoms with E-state index in [1.807, 2.05) is 4.90 Å². The van der Waals surface area contributed by atoms with Crippen molar-refractivity contribution < 1.29 is 4.79 Å². The van der Waals surface area contributed by atoms with E-state index in [2.05, 4.69) is 41.8 Å². The molecule has 4 heteroatoms. The second-order valence-electron chi connectivity index (χ2n) is 5.82. The van der Waals surface area contributed by atoms with E-state index >= 15 is 0 Å². The van der Waals surface area contributed by atoms with E-state index in [0.29, 0.717) is 12.3 Å². The summed E-state index contributed by atoms with van der Waals surface area (Å²) in [6.45, 7) is 3.12. The smallest absolute Gasteiger partial charge is 0.227 e. The number of carbonyl (C=O) groups excluding carboxylic acids is 1. The number of amides is 1. The van der Waals surface area contributed by atoms with Crippen molar-refractivity contribution in [2.45, 2.75) is 25.7 Å². The van der Waals surface area contributed by atoms with Crippen LogP contribution in [0.2, 0.25) is 0 Å². The Morgan fingerprint density at radius 1 is 1.05 bits per heavy atom. The highest BCUT2D eigenvalue weighted by atomic mass is 32.1. The van der Waals surface area contributed by atoms with Crippen molar-refractivity contribution in [1.29, 1.82) is 0 Å². The van der Waals surface area contributed by atoms with Crippen LogP contribution < -0.4 is 9.80 Å². The van der Waals surface area contributed by atoms with Crippen LogP contribution in [0.25, 0.3) is 0 Å². The number of hydrogen-bond donors (Lipinski definition) is 1. The molecule has 0 aromatic heterocycles. The van der Waals surface area contributed by atoms with Crippen LogP contribution in [-0.2, 0) is 4.79 Å². The van der Waals surface area contributed by atoms with E-state index in [0.717, 1.165) is 31.1 Å². The van der Waals surface area contributed by atoms with Crippen molar-refractivity contribution in [3.63, 3.8) is 0 Å². The second-order valence-corrected chi connectivity index (χ2v) is 6.19. The molecular formula is C16H22N2OS. The minimum absolute atomic E-state index is 0.231. The summed E-state index contributed by atoms with van der Waals surface area (Å²) in [4.78, 5) is 16.4. The summed E-state index contributed by atoms with van der Waals surface area (Å²) >= 11 is 4.31. The molecule has 3 rings (SSSR count). The molecule has 0 radical (unpaired) electrons. The van der Waals surface area contributed by atoms with Gasteiger partial charge in [0.15, 0.2) is 0 Å². The number of benzene rings is 1. The maximum Gasteiger partial charge on any atom is 0.227 e. The first-order chi connectivity index (χ1) is 9.78. The Morgan fingerprint density at radius 3 is 2.30 bits per heavy atom. The normalized spacial score (nSPS) is 23.4. The van der Waals surface area contributed by atoms with Crippen molar-refractivity contribution in [2.75, 3.05) is 35.2 Å². The van der Waals surface area contributed by atoms with Crippen LogP contribution in [-0.4, -0.2) is 31.3 Å². The van der Waals surface area contributed by atoms with E-state index in [1.54, 1.807) is 0 Å². The van der Waals surface area contributed by atoms with Gasteiger partial charge < -0.3 is 9.80 Å². The van der Waals surface area contributed by atoms with Gasteiger partial charge in [0.25, 0.3) is 0 Å². The molecule has 1 aromatic rings. The van der Waals surface area contributed by atoms with Gasteiger partial charge in [0.1, 0.15) is 0 Å². The van der Waals surface area contributed by atoms with Gasteiger partial charge in [-0.3, -0.25) is 4.79 Å². The molecule has 2 heterocycles. The molecular weight excluding hydrogens is 268 g/mol. The third-order valence-corrected chi connectivity index (χ3v) is 4.86. The van der Waals surface area contributed by atoms with Gasteiger partial charge in [0, 0.05) is 37.4 Å². The summed E-state index contributed by atoms with van der Waals surface area (Å²) in [5.74, 6) is 1.41. The molecule has 2 saturated heterocycles. The van der Waals surface area contributed by atoms with Crippen LogP contribution in [0.1, 0.15) is 25.7 Å². The Morgan fingerprint density at radius 2 is 1.70 bits per heavy atom. The molecule has 2 fully saturated rings. The Kier molecular flexibility index (Phi) is 4.20. The van der Waals surface area contributed by atoms with Gasteiger partial charge in [-0.2, -0.15) is 12.6 Å². The fourth-order valence-electron chi connectivity index (χ4n) is 3.15. The minimum Gasteiger partial charge on any atom is -0.372 e. The molecule has 0 aliphatic carbocycles. The van der Waals surface area contributed by atoms with Crippen molar-refractivity contribution in [1.82, 2.24) is 0 Å². The molecule has 1 aromatic carbocycles. The number of thiol groups is 1. The lowest BCUT2D eigenvalue weighted by atomic mass is 10.1. The molecule has 2 aliphatic rings. The van der Waals surface area contributed by atoms with Gasteiger partial charge >= 0.3 is 0 Å². The molecule has 20 heavy (non-hydrogen) atoms. The zero-order valence-electron chi connectivity index (χ0n) is 11.8. The Bertz CT molecular complexity index is 468. The average molecular weight is 290 g/mol. The van der Waals surface area contributed by atoms with Crippen molar-refractivity contribution >= 4 is 29.9 Å². The lowest BCUT2D eigenvalue weighted by Crippen LogP contribution is -2.29. The van der Waals surface area contributed by atoms with E-state index in [9.17, 15) is 4.79 Å². The maximum atomic E-state index is 12.0. The van der Waals surface area contributed by atoms with E-state index in [1.165, 1.54) is 24.9 Å². The fourth-order valence-corrected chi connectivity index (χ4v) is 3.39. The third-order valence-electron chi connectivity index (χ3n) is 4.35. The van der Waals surface area contributed by atoms with E-state index in [4.69, 9.17) is 0 Å². The third kappa shape index (κ3) is 2.80. The van der Waals surface area contributed by atoms with E-state index in [-0.39, 0.29) is 5.91 Å². The van der Waals surface area contributed by atoms with Gasteiger partial charge in [0.05, 0.1) is 0 Å². The molecule has 3 nitrogen and oxygen atoms in total. The minimum atomic E-state index is 0.231. The van der Waals surface area contributed by atoms with Gasteiger partial charge in [-0.25, -0.2) is 0 Å². The summed E-state index contributed by atoms with van der Waals surface area (Å²) in [7, 11) is 0. The quantitative estimate of drug-likeness (QED) is 0.865. The second kappa shape index (κ2) is 6.08. The largest absolute Gasteiger partial charge is 0.372 e. The Hall–Kier alpha value is -1.16. The predicted octanol–water partition coefficient (Wildman–Crippen LogP) is 2.96. The van der Waals surface area contributed by atoms with Gasteiger partial charge in [-0.15, -0.1) is 0 Å². The number of rotatable bonds is 3. The highest BCUT2D eigenvalue weighted by Gasteiger charge is 2.29. The van der Waals surface area contributed by atoms with E-state index < -0.39 is 0 Å². The van der Waals surface area contributed by atoms with Crippen LogP contribution in [0, 0.1) is 5.92 Å². The van der Waals surface area contributed by atoms with Crippen LogP contribution in [0.5, 0.6) is 0 Å². The Balaban J connectivity index is 1.71. The molecule has 108 valence electrons. The monoisotopic (exact) mass is 290 g/mol. The molecule has 1 unspecified atom stereocenters. The number of carbonyl (C=O) groups is 1. The zero-order chi connectivity index (χ0) is 13.9. The molecule has 0 saturated carbocycles. The van der Waals surface area contributed by atoms with Crippen molar-refractivity contribution in [3.05, 3.63) is 24.3 Å². The first-order valence-electron chi connectivity index (χ1n) is 7.54. The number of piperidine rings is 1. The van der Waals surface area contributed by atoms with Crippen LogP contribution in [0.4, 0.5) is 11.4 Å². The van der Waals surface area contributed by atoms with Crippen molar-refractivity contribution in [3.8, 4) is 0 Å². The molecule has 0 spiro atoms. The molecule has 1 atom stereocenters. The van der Waals surface area contributed by atoms with Crippen LogP contribution >= 0.6 is 12.6 Å². The lowest BCUT2D eigenvalue weighted by Gasteiger charge is -2.29. The summed E-state index contributed by atoms with van der Waals surface area (Å²) in [6.07, 6.45) is 4.56. The van der Waals surface area contributed by atoms with Crippen LogP contribution in [0.3, 0.4) is 0 Å². The number of nitrogens with zero attached hydrogens (tertiary/aromatic N) is 2. The summed E-state index contributed by atoms with van der Waals surface area (Å²) in [6, 6.07) is 8.48. The first kappa shape index (κ1) is 13.8. The average Bonchev–Trinajstić information content (AvgIpc) is 2.89. The Labute approximate surface area is 126 Å². The molecule has 0 bridgehead atoms. The zero-order valence-corrected chi connectivity index (χ0v) is 12.7. The molecule has 0 N–H and O–H groups in total. The van der Waals surface area contributed by atoms with Gasteiger partial charge in [0.2, 0.25) is 5.91 Å². The standard InChI is InChI=1S/C16H22N2OS/c19-16-10-13(12-20)11-18(16)15-6-4-14(5-7-15)17-8-2-1-3-9-17/h4-7,13,20H,1-3,8-12H2. The molecule has 2 aliphatic heterocycles. The topological polar surface area (TPSA) is 23.6 Å². The fraction of sp³-hybridized carbons (Fsp3) is 0.562. The van der Waals surface area contributed by atoms with Gasteiger partial charge in [-0.1, -0.05) is 0 Å². The summed E-state index contributed by atoms with van der Waals surface area (Å²) < 4.78 is 0. The highest BCUT2D eigenvalue weighted by Crippen LogP contribution is 2.28. The number of hydrogen-bond acceptors (Lipinski definition) is 3. The lowest BCUT2D eigenvalue weighted by molar-refractivity contribution is -0.117.